The number of carbonyl (C=O) groups excluding carboxylic acids is 2. The summed E-state index contributed by atoms with van der Waals surface area (Å²) in [6, 6.07) is 14.4. The maximum Gasteiger partial charge on any atom is 0.327 e. The normalized spacial score (nSPS) is 32.1. The van der Waals surface area contributed by atoms with Crippen LogP contribution in [0, 0.1) is 17.8 Å². The van der Waals surface area contributed by atoms with E-state index in [1.165, 1.54) is 0 Å². The van der Waals surface area contributed by atoms with E-state index in [0.29, 0.717) is 0 Å². The molecule has 2 aromatic rings. The Kier molecular flexibility index (Phi) is 4.16. The molecule has 30 heavy (non-hydrogen) atoms. The van der Waals surface area contributed by atoms with Crippen LogP contribution >= 0.6 is 31.9 Å². The summed E-state index contributed by atoms with van der Waals surface area (Å²) in [5.74, 6) is -3.92. The van der Waals surface area contributed by atoms with Gasteiger partial charge in [-0.1, -0.05) is 94.2 Å². The first-order valence-corrected chi connectivity index (χ1v) is 11.4. The first-order chi connectivity index (χ1) is 14.2. The minimum absolute atomic E-state index is 0.407. The first-order valence-electron chi connectivity index (χ1n) is 9.84. The Morgan fingerprint density at radius 1 is 0.867 bits per heavy atom. The molecule has 2 amide bonds. The molecule has 3 aliphatic carbocycles. The van der Waals surface area contributed by atoms with Gasteiger partial charge in [0.1, 0.15) is 6.04 Å². The lowest BCUT2D eigenvalue weighted by Gasteiger charge is -2.55. The van der Waals surface area contributed by atoms with Crippen molar-refractivity contribution in [2.75, 3.05) is 0 Å². The zero-order valence-corrected chi connectivity index (χ0v) is 19.5. The second kappa shape index (κ2) is 6.26. The number of aliphatic carboxylic acids is 1. The first kappa shape index (κ1) is 19.9. The number of carbonyl (C=O) groups is 3. The SMILES string of the molecule is CC(C)[C@@H](C(=O)O)N1C(=O)[C@@H]2[C@H](C1=O)C1(Br)c3ccccc3C2(Br)c2ccccc21. The second-order valence-electron chi connectivity index (χ2n) is 8.54. The number of imide groups is 1. The van der Waals surface area contributed by atoms with Crippen LogP contribution in [0.4, 0.5) is 0 Å². The molecule has 2 aromatic carbocycles. The maximum absolute atomic E-state index is 13.7. The molecule has 5 nitrogen and oxygen atoms in total. The molecule has 1 aliphatic heterocycles. The van der Waals surface area contributed by atoms with Crippen LogP contribution in [0.15, 0.2) is 48.5 Å². The second-order valence-corrected chi connectivity index (χ2v) is 11.0. The van der Waals surface area contributed by atoms with Crippen molar-refractivity contribution in [2.45, 2.75) is 28.5 Å². The van der Waals surface area contributed by atoms with Crippen LogP contribution in [0.1, 0.15) is 36.1 Å². The smallest absolute Gasteiger partial charge is 0.327 e. The highest BCUT2D eigenvalue weighted by Crippen LogP contribution is 2.70. The van der Waals surface area contributed by atoms with Crippen molar-refractivity contribution in [2.24, 2.45) is 17.8 Å². The zero-order chi connectivity index (χ0) is 21.6. The number of likely N-dealkylation sites (tertiary alicyclic amines) is 1. The van der Waals surface area contributed by atoms with Gasteiger partial charge in [-0.05, 0) is 28.2 Å². The quantitative estimate of drug-likeness (QED) is 0.479. The topological polar surface area (TPSA) is 74.7 Å². The Hall–Kier alpha value is -1.99. The van der Waals surface area contributed by atoms with E-state index in [0.717, 1.165) is 27.2 Å². The van der Waals surface area contributed by atoms with Crippen LogP contribution in [-0.4, -0.2) is 33.8 Å². The Bertz CT molecular complexity index is 1010. The Morgan fingerprint density at radius 3 is 1.47 bits per heavy atom. The molecule has 6 rings (SSSR count). The van der Waals surface area contributed by atoms with Crippen molar-refractivity contribution in [3.63, 3.8) is 0 Å². The summed E-state index contributed by atoms with van der Waals surface area (Å²) in [6.07, 6.45) is 0. The Labute approximate surface area is 190 Å². The Morgan fingerprint density at radius 2 is 1.20 bits per heavy atom. The van der Waals surface area contributed by atoms with E-state index in [-0.39, 0.29) is 0 Å². The number of hydrogen-bond donors (Lipinski definition) is 1. The van der Waals surface area contributed by atoms with Crippen LogP contribution < -0.4 is 0 Å². The van der Waals surface area contributed by atoms with Crippen molar-refractivity contribution in [3.8, 4) is 0 Å². The molecule has 0 radical (unpaired) electrons. The minimum Gasteiger partial charge on any atom is -0.480 e. The summed E-state index contributed by atoms with van der Waals surface area (Å²) in [6.45, 7) is 3.43. The van der Waals surface area contributed by atoms with Gasteiger partial charge in [0.25, 0.3) is 0 Å². The average Bonchev–Trinajstić information content (AvgIpc) is 2.98. The molecular formula is C23H19Br2NO4. The predicted molar refractivity (Wildman–Crippen MR) is 117 cm³/mol. The summed E-state index contributed by atoms with van der Waals surface area (Å²) >= 11 is 7.82. The molecule has 0 saturated carbocycles. The highest BCUT2D eigenvalue weighted by Gasteiger charge is 2.73. The molecule has 154 valence electrons. The number of nitrogens with zero attached hydrogens (tertiary/aromatic N) is 1. The maximum atomic E-state index is 13.7. The van der Waals surface area contributed by atoms with Gasteiger partial charge in [-0.3, -0.25) is 14.5 Å². The number of hydrogen-bond acceptors (Lipinski definition) is 3. The van der Waals surface area contributed by atoms with E-state index >= 15 is 0 Å². The van der Waals surface area contributed by atoms with E-state index in [4.69, 9.17) is 0 Å². The monoisotopic (exact) mass is 531 g/mol. The fourth-order valence-electron chi connectivity index (χ4n) is 5.66. The highest BCUT2D eigenvalue weighted by atomic mass is 79.9. The van der Waals surface area contributed by atoms with E-state index in [9.17, 15) is 19.5 Å². The van der Waals surface area contributed by atoms with Gasteiger partial charge < -0.3 is 5.11 Å². The van der Waals surface area contributed by atoms with Gasteiger partial charge in [0.05, 0.1) is 20.5 Å². The van der Waals surface area contributed by atoms with E-state index < -0.39 is 50.2 Å². The van der Waals surface area contributed by atoms with E-state index in [1.54, 1.807) is 13.8 Å². The van der Waals surface area contributed by atoms with Crippen molar-refractivity contribution >= 4 is 49.6 Å². The summed E-state index contributed by atoms with van der Waals surface area (Å²) < 4.78 is -1.80. The average molecular weight is 533 g/mol. The van der Waals surface area contributed by atoms with Gasteiger partial charge >= 0.3 is 5.97 Å². The lowest BCUT2D eigenvalue weighted by molar-refractivity contribution is -0.157. The standard InChI is InChI=1S/C23H19Br2NO4/c1-11(2)18(21(29)30)26-19(27)16-17(20(26)28)23(25)13-8-4-3-7-12(13)22(16,24)14-9-5-6-10-15(14)23/h3-11,16-18H,1-2H3,(H,29,30)/t16-,17+,18-,22?,23?/m0/s1. The van der Waals surface area contributed by atoms with Gasteiger partial charge in [-0.2, -0.15) is 0 Å². The third-order valence-electron chi connectivity index (χ3n) is 6.78. The van der Waals surface area contributed by atoms with Crippen molar-refractivity contribution < 1.29 is 19.5 Å². The zero-order valence-electron chi connectivity index (χ0n) is 16.3. The van der Waals surface area contributed by atoms with Crippen LogP contribution in [0.5, 0.6) is 0 Å². The van der Waals surface area contributed by atoms with Crippen LogP contribution in [0.25, 0.3) is 0 Å². The number of rotatable bonds is 3. The molecule has 4 aliphatic rings. The van der Waals surface area contributed by atoms with Crippen molar-refractivity contribution in [3.05, 3.63) is 70.8 Å². The molecule has 3 atom stereocenters. The molecule has 1 heterocycles. The fourth-order valence-corrected chi connectivity index (χ4v) is 7.96. The van der Waals surface area contributed by atoms with Gasteiger partial charge in [0.2, 0.25) is 11.8 Å². The number of benzene rings is 2. The van der Waals surface area contributed by atoms with Gasteiger partial charge in [-0.25, -0.2) is 4.79 Å². The lowest BCUT2D eigenvalue weighted by Crippen LogP contribution is -2.56. The summed E-state index contributed by atoms with van der Waals surface area (Å²) in [4.78, 5) is 40.5. The Balaban J connectivity index is 1.82. The molecule has 1 fully saturated rings. The summed E-state index contributed by atoms with van der Waals surface area (Å²) in [5, 5.41) is 9.83. The summed E-state index contributed by atoms with van der Waals surface area (Å²) in [5.41, 5.74) is 3.73. The molecule has 0 unspecified atom stereocenters. The van der Waals surface area contributed by atoms with Gasteiger partial charge in [0, 0.05) is 0 Å². The lowest BCUT2D eigenvalue weighted by atomic mass is 9.54. The third kappa shape index (κ3) is 2.10. The largest absolute Gasteiger partial charge is 0.480 e. The van der Waals surface area contributed by atoms with Crippen molar-refractivity contribution in [1.82, 2.24) is 4.90 Å². The van der Waals surface area contributed by atoms with Crippen molar-refractivity contribution in [1.29, 1.82) is 0 Å². The number of carboxylic acids is 1. The number of carboxylic acid groups (broad SMARTS) is 1. The highest BCUT2D eigenvalue weighted by molar-refractivity contribution is 9.10. The number of amides is 2. The van der Waals surface area contributed by atoms with E-state index in [2.05, 4.69) is 31.9 Å². The predicted octanol–water partition coefficient (Wildman–Crippen LogP) is 4.00. The van der Waals surface area contributed by atoms with Crippen LogP contribution in [0.2, 0.25) is 0 Å². The van der Waals surface area contributed by atoms with Crippen LogP contribution in [-0.2, 0) is 23.0 Å². The van der Waals surface area contributed by atoms with Gasteiger partial charge in [-0.15, -0.1) is 0 Å². The molecule has 1 N–H and O–H groups in total. The molecule has 2 bridgehead atoms. The number of alkyl halides is 2. The molecule has 1 saturated heterocycles. The molecular weight excluding hydrogens is 514 g/mol. The van der Waals surface area contributed by atoms with E-state index in [1.807, 2.05) is 48.5 Å². The summed E-state index contributed by atoms with van der Waals surface area (Å²) in [7, 11) is 0. The number of halogens is 2. The fraction of sp³-hybridized carbons (Fsp3) is 0.348. The third-order valence-corrected chi connectivity index (χ3v) is 9.48. The van der Waals surface area contributed by atoms with Crippen LogP contribution in [0.3, 0.4) is 0 Å². The molecule has 7 heteroatoms. The molecule has 0 aromatic heterocycles. The molecule has 0 spiro atoms. The minimum atomic E-state index is -1.20. The van der Waals surface area contributed by atoms with Gasteiger partial charge in [0.15, 0.2) is 0 Å².